The van der Waals surface area contributed by atoms with Crippen LogP contribution in [0.2, 0.25) is 0 Å². The van der Waals surface area contributed by atoms with Gasteiger partial charge in [0.25, 0.3) is 0 Å². The van der Waals surface area contributed by atoms with Crippen LogP contribution >= 0.6 is 0 Å². The summed E-state index contributed by atoms with van der Waals surface area (Å²) in [6.45, 7) is 9.30. The first-order valence-electron chi connectivity index (χ1n) is 5.75. The van der Waals surface area contributed by atoms with Gasteiger partial charge in [0.2, 0.25) is 0 Å². The quantitative estimate of drug-likeness (QED) is 0.828. The topological polar surface area (TPSA) is 34.1 Å². The highest BCUT2D eigenvalue weighted by Crippen LogP contribution is 2.22. The van der Waals surface area contributed by atoms with E-state index in [9.17, 15) is 9.00 Å². The third-order valence-electron chi connectivity index (χ3n) is 2.68. The van der Waals surface area contributed by atoms with Crippen LogP contribution in [0.4, 0.5) is 0 Å². The van der Waals surface area contributed by atoms with Gasteiger partial charge >= 0.3 is 0 Å². The van der Waals surface area contributed by atoms with Crippen LogP contribution in [0.3, 0.4) is 0 Å². The van der Waals surface area contributed by atoms with E-state index in [1.807, 2.05) is 52.0 Å². The first-order chi connectivity index (χ1) is 7.73. The van der Waals surface area contributed by atoms with Gasteiger partial charge < -0.3 is 0 Å². The molecule has 0 aromatic heterocycles. The van der Waals surface area contributed by atoms with Crippen LogP contribution in [-0.2, 0) is 15.6 Å². The van der Waals surface area contributed by atoms with Crippen LogP contribution in [0.25, 0.3) is 0 Å². The van der Waals surface area contributed by atoms with Crippen LogP contribution in [-0.4, -0.2) is 15.2 Å². The molecule has 0 fully saturated rings. The second-order valence-electron chi connectivity index (χ2n) is 5.37. The van der Waals surface area contributed by atoms with Gasteiger partial charge in [-0.2, -0.15) is 0 Å². The zero-order valence-corrected chi connectivity index (χ0v) is 11.9. The molecule has 94 valence electrons. The Kier molecular flexibility index (Phi) is 4.26. The van der Waals surface area contributed by atoms with E-state index in [1.165, 1.54) is 0 Å². The zero-order valence-electron chi connectivity index (χ0n) is 11.1. The summed E-state index contributed by atoms with van der Waals surface area (Å²) in [5.74, 6) is 0.0383. The number of hydrogen-bond acceptors (Lipinski definition) is 2. The number of ketones is 1. The molecule has 0 amide bonds. The van der Waals surface area contributed by atoms with Gasteiger partial charge in [-0.15, -0.1) is 0 Å². The Labute approximate surface area is 106 Å². The summed E-state index contributed by atoms with van der Waals surface area (Å²) in [7, 11) is -1.26. The molecular formula is C14H20O2S. The molecule has 3 heteroatoms. The van der Waals surface area contributed by atoms with Gasteiger partial charge in [-0.05, 0) is 26.0 Å². The minimum Gasteiger partial charge on any atom is -0.298 e. The minimum atomic E-state index is -1.26. The van der Waals surface area contributed by atoms with Crippen molar-refractivity contribution >= 4 is 16.6 Å². The van der Waals surface area contributed by atoms with Crippen molar-refractivity contribution in [3.05, 3.63) is 29.8 Å². The van der Waals surface area contributed by atoms with Gasteiger partial charge in [0.1, 0.15) is 0 Å². The van der Waals surface area contributed by atoms with Crippen LogP contribution in [0.5, 0.6) is 0 Å². The van der Waals surface area contributed by atoms with Crippen molar-refractivity contribution in [2.24, 2.45) is 5.41 Å². The van der Waals surface area contributed by atoms with Crippen molar-refractivity contribution in [1.82, 2.24) is 0 Å². The van der Waals surface area contributed by atoms with E-state index in [4.69, 9.17) is 0 Å². The highest BCUT2D eigenvalue weighted by atomic mass is 32.2. The van der Waals surface area contributed by atoms with Gasteiger partial charge in [0.15, 0.2) is 5.78 Å². The Morgan fingerprint density at radius 1 is 1.18 bits per heavy atom. The van der Waals surface area contributed by atoms with Crippen LogP contribution in [0.15, 0.2) is 29.2 Å². The molecule has 0 radical (unpaired) electrons. The predicted octanol–water partition coefficient (Wildman–Crippen LogP) is 3.11. The van der Waals surface area contributed by atoms with E-state index in [1.54, 1.807) is 6.92 Å². The van der Waals surface area contributed by atoms with Crippen molar-refractivity contribution < 1.29 is 9.00 Å². The number of carbonyl (C=O) groups is 1. The Balaban J connectivity index is 2.91. The van der Waals surface area contributed by atoms with Gasteiger partial charge in [0, 0.05) is 10.3 Å². The van der Waals surface area contributed by atoms with Gasteiger partial charge in [0.05, 0.1) is 16.0 Å². The minimum absolute atomic E-state index is 0.0383. The molecule has 2 nitrogen and oxygen atoms in total. The number of hydrogen-bond donors (Lipinski definition) is 0. The van der Waals surface area contributed by atoms with Gasteiger partial charge in [-0.1, -0.05) is 38.5 Å². The summed E-state index contributed by atoms with van der Waals surface area (Å²) in [4.78, 5) is 12.8. The van der Waals surface area contributed by atoms with Crippen molar-refractivity contribution in [2.45, 2.75) is 44.8 Å². The largest absolute Gasteiger partial charge is 0.298 e. The van der Waals surface area contributed by atoms with E-state index >= 15 is 0 Å². The predicted molar refractivity (Wildman–Crippen MR) is 71.5 cm³/mol. The third-order valence-corrected chi connectivity index (χ3v) is 4.28. The molecule has 0 saturated heterocycles. The van der Waals surface area contributed by atoms with E-state index < -0.39 is 21.5 Å². The smallest absolute Gasteiger partial charge is 0.153 e. The Bertz CT molecular complexity index is 427. The molecule has 0 heterocycles. The van der Waals surface area contributed by atoms with Crippen LogP contribution < -0.4 is 0 Å². The Morgan fingerprint density at radius 2 is 1.65 bits per heavy atom. The fraction of sp³-hybridized carbons (Fsp3) is 0.500. The lowest BCUT2D eigenvalue weighted by Gasteiger charge is -2.21. The molecule has 0 aliphatic rings. The normalized spacial score (nSPS) is 15.4. The van der Waals surface area contributed by atoms with Gasteiger partial charge in [-0.25, -0.2) is 0 Å². The lowest BCUT2D eigenvalue weighted by molar-refractivity contribution is -0.125. The number of aryl methyl sites for hydroxylation is 1. The van der Waals surface area contributed by atoms with E-state index in [2.05, 4.69) is 0 Å². The number of Topliss-reactive ketones (excluding diaryl/α,β-unsaturated/α-hetero) is 1. The maximum atomic E-state index is 12.2. The first kappa shape index (κ1) is 14.1. The lowest BCUT2D eigenvalue weighted by Crippen LogP contribution is -2.33. The van der Waals surface area contributed by atoms with E-state index in [0.717, 1.165) is 10.5 Å². The molecule has 0 aliphatic heterocycles. The SMILES string of the molecule is Cc1ccc(S(=O)[C@@H](C)C(=O)C(C)(C)C)cc1. The third kappa shape index (κ3) is 3.50. The summed E-state index contributed by atoms with van der Waals surface area (Å²) in [6, 6.07) is 7.50. The standard InChI is InChI=1S/C14H20O2S/c1-10-6-8-12(9-7-10)17(16)11(2)13(15)14(3,4)5/h6-9,11H,1-5H3/t11-,17?/m0/s1. The highest BCUT2D eigenvalue weighted by Gasteiger charge is 2.30. The van der Waals surface area contributed by atoms with Crippen molar-refractivity contribution in [3.8, 4) is 0 Å². The molecular weight excluding hydrogens is 232 g/mol. The average molecular weight is 252 g/mol. The molecule has 1 aromatic rings. The second kappa shape index (κ2) is 5.13. The van der Waals surface area contributed by atoms with Crippen molar-refractivity contribution in [1.29, 1.82) is 0 Å². The first-order valence-corrected chi connectivity index (χ1v) is 6.96. The summed E-state index contributed by atoms with van der Waals surface area (Å²) < 4.78 is 12.2. The molecule has 1 aromatic carbocycles. The Morgan fingerprint density at radius 3 is 2.06 bits per heavy atom. The molecule has 0 N–H and O–H groups in total. The average Bonchev–Trinajstić information content (AvgIpc) is 2.26. The molecule has 1 unspecified atom stereocenters. The summed E-state index contributed by atoms with van der Waals surface area (Å²) in [5, 5.41) is -0.460. The highest BCUT2D eigenvalue weighted by molar-refractivity contribution is 7.86. The van der Waals surface area contributed by atoms with Crippen LogP contribution in [0.1, 0.15) is 33.3 Å². The summed E-state index contributed by atoms with van der Waals surface area (Å²) in [5.41, 5.74) is 0.681. The summed E-state index contributed by atoms with van der Waals surface area (Å²) >= 11 is 0. The second-order valence-corrected chi connectivity index (χ2v) is 7.14. The molecule has 1 rings (SSSR count). The zero-order chi connectivity index (χ0) is 13.2. The van der Waals surface area contributed by atoms with Crippen molar-refractivity contribution in [2.75, 3.05) is 0 Å². The maximum Gasteiger partial charge on any atom is 0.153 e. The molecule has 0 bridgehead atoms. The molecule has 0 aliphatic carbocycles. The fourth-order valence-corrected chi connectivity index (χ4v) is 2.94. The number of benzene rings is 1. The summed E-state index contributed by atoms with van der Waals surface area (Å²) in [6.07, 6.45) is 0. The molecule has 17 heavy (non-hydrogen) atoms. The Hall–Kier alpha value is -0.960. The van der Waals surface area contributed by atoms with E-state index in [0.29, 0.717) is 0 Å². The van der Waals surface area contributed by atoms with Crippen molar-refractivity contribution in [3.63, 3.8) is 0 Å². The lowest BCUT2D eigenvalue weighted by atomic mass is 9.89. The molecule has 2 atom stereocenters. The monoisotopic (exact) mass is 252 g/mol. The number of carbonyl (C=O) groups excluding carboxylic acids is 1. The molecule has 0 saturated carbocycles. The van der Waals surface area contributed by atoms with Gasteiger partial charge in [-0.3, -0.25) is 9.00 Å². The fourth-order valence-electron chi connectivity index (χ4n) is 1.58. The van der Waals surface area contributed by atoms with E-state index in [-0.39, 0.29) is 5.78 Å². The number of rotatable bonds is 3. The maximum absolute atomic E-state index is 12.2. The van der Waals surface area contributed by atoms with Crippen LogP contribution in [0, 0.1) is 12.3 Å². The molecule has 0 spiro atoms.